The fourth-order valence-corrected chi connectivity index (χ4v) is 2.23. The maximum Gasteiger partial charge on any atom is 0.251 e. The van der Waals surface area contributed by atoms with E-state index in [1.54, 1.807) is 25.1 Å². The van der Waals surface area contributed by atoms with Crippen LogP contribution in [0.25, 0.3) is 0 Å². The molecule has 0 aliphatic carbocycles. The van der Waals surface area contributed by atoms with Crippen LogP contribution in [0, 0.1) is 12.7 Å². The van der Waals surface area contributed by atoms with E-state index >= 15 is 0 Å². The average Bonchev–Trinajstić information content (AvgIpc) is 2.27. The second kappa shape index (κ2) is 5.14. The third-order valence-electron chi connectivity index (χ3n) is 2.12. The lowest BCUT2D eigenvalue weighted by molar-refractivity contribution is 0.602. The second-order valence-corrected chi connectivity index (χ2v) is 4.57. The summed E-state index contributed by atoms with van der Waals surface area (Å²) in [4.78, 5) is 18.6. The molecule has 17 heavy (non-hydrogen) atoms. The SMILES string of the molecule is Cc1cc(=O)[nH]c(CSc2ccccc2F)n1. The van der Waals surface area contributed by atoms with Gasteiger partial charge in [-0.25, -0.2) is 9.37 Å². The van der Waals surface area contributed by atoms with Crippen molar-refractivity contribution in [2.24, 2.45) is 0 Å². The molecule has 2 rings (SSSR count). The number of aromatic nitrogens is 2. The maximum absolute atomic E-state index is 13.3. The van der Waals surface area contributed by atoms with E-state index < -0.39 is 0 Å². The summed E-state index contributed by atoms with van der Waals surface area (Å²) in [6.45, 7) is 1.76. The lowest BCUT2D eigenvalue weighted by Crippen LogP contribution is -2.10. The molecule has 5 heteroatoms. The number of hydrogen-bond acceptors (Lipinski definition) is 3. The Bertz CT molecular complexity index is 583. The Morgan fingerprint density at radius 3 is 2.88 bits per heavy atom. The minimum atomic E-state index is -0.257. The fourth-order valence-electron chi connectivity index (χ4n) is 1.42. The molecule has 0 saturated heterocycles. The van der Waals surface area contributed by atoms with Crippen LogP contribution in [0.5, 0.6) is 0 Å². The first-order valence-electron chi connectivity index (χ1n) is 5.09. The number of aromatic amines is 1. The van der Waals surface area contributed by atoms with Gasteiger partial charge in [0.2, 0.25) is 0 Å². The Balaban J connectivity index is 2.13. The van der Waals surface area contributed by atoms with E-state index in [0.29, 0.717) is 22.2 Å². The van der Waals surface area contributed by atoms with E-state index in [-0.39, 0.29) is 11.4 Å². The molecule has 0 fully saturated rings. The minimum Gasteiger partial charge on any atom is -0.310 e. The number of aryl methyl sites for hydroxylation is 1. The number of benzene rings is 1. The predicted molar refractivity (Wildman–Crippen MR) is 65.6 cm³/mol. The van der Waals surface area contributed by atoms with E-state index in [1.165, 1.54) is 23.9 Å². The molecule has 0 amide bonds. The predicted octanol–water partition coefficient (Wildman–Crippen LogP) is 2.51. The van der Waals surface area contributed by atoms with Crippen LogP contribution in [0.2, 0.25) is 0 Å². The van der Waals surface area contributed by atoms with Crippen LogP contribution in [0.3, 0.4) is 0 Å². The second-order valence-electron chi connectivity index (χ2n) is 3.55. The van der Waals surface area contributed by atoms with Crippen LogP contribution in [-0.4, -0.2) is 9.97 Å². The zero-order valence-electron chi connectivity index (χ0n) is 9.24. The van der Waals surface area contributed by atoms with Gasteiger partial charge in [-0.2, -0.15) is 0 Å². The molecule has 1 aromatic heterocycles. The maximum atomic E-state index is 13.3. The molecular weight excluding hydrogens is 239 g/mol. The van der Waals surface area contributed by atoms with Crippen LogP contribution in [-0.2, 0) is 5.75 Å². The van der Waals surface area contributed by atoms with Gasteiger partial charge in [0.05, 0.1) is 5.75 Å². The third-order valence-corrected chi connectivity index (χ3v) is 3.18. The molecule has 1 aromatic carbocycles. The van der Waals surface area contributed by atoms with Crippen molar-refractivity contribution >= 4 is 11.8 Å². The summed E-state index contributed by atoms with van der Waals surface area (Å²) in [5.41, 5.74) is 0.486. The topological polar surface area (TPSA) is 45.8 Å². The molecule has 3 nitrogen and oxygen atoms in total. The average molecular weight is 250 g/mol. The standard InChI is InChI=1S/C12H11FN2OS/c1-8-6-12(16)15-11(14-8)7-17-10-5-3-2-4-9(10)13/h2-6H,7H2,1H3,(H,14,15,16). The quantitative estimate of drug-likeness (QED) is 0.851. The van der Waals surface area contributed by atoms with Crippen molar-refractivity contribution in [3.63, 3.8) is 0 Å². The van der Waals surface area contributed by atoms with Crippen LogP contribution in [0.1, 0.15) is 11.5 Å². The van der Waals surface area contributed by atoms with Gasteiger partial charge in [0.1, 0.15) is 11.6 Å². The van der Waals surface area contributed by atoms with Gasteiger partial charge in [-0.15, -0.1) is 11.8 Å². The molecule has 0 aliphatic heterocycles. The van der Waals surface area contributed by atoms with Gasteiger partial charge in [0.15, 0.2) is 0 Å². The number of nitrogens with zero attached hydrogens (tertiary/aromatic N) is 1. The van der Waals surface area contributed by atoms with E-state index in [2.05, 4.69) is 9.97 Å². The summed E-state index contributed by atoms with van der Waals surface area (Å²) in [7, 11) is 0. The van der Waals surface area contributed by atoms with E-state index in [4.69, 9.17) is 0 Å². The molecule has 88 valence electrons. The van der Waals surface area contributed by atoms with Gasteiger partial charge in [-0.05, 0) is 19.1 Å². The summed E-state index contributed by atoms with van der Waals surface area (Å²) in [6.07, 6.45) is 0. The number of rotatable bonds is 3. The molecule has 0 spiro atoms. The highest BCUT2D eigenvalue weighted by atomic mass is 32.2. The number of halogens is 1. The third kappa shape index (κ3) is 3.17. The molecule has 0 unspecified atom stereocenters. The van der Waals surface area contributed by atoms with Gasteiger partial charge in [-0.3, -0.25) is 4.79 Å². The highest BCUT2D eigenvalue weighted by Gasteiger charge is 2.03. The normalized spacial score (nSPS) is 10.5. The summed E-state index contributed by atoms with van der Waals surface area (Å²) in [5.74, 6) is 0.744. The smallest absolute Gasteiger partial charge is 0.251 e. The van der Waals surface area contributed by atoms with Crippen molar-refractivity contribution in [3.05, 3.63) is 58.0 Å². The van der Waals surface area contributed by atoms with Crippen LogP contribution < -0.4 is 5.56 Å². The Morgan fingerprint density at radius 2 is 2.18 bits per heavy atom. The highest BCUT2D eigenvalue weighted by molar-refractivity contribution is 7.98. The van der Waals surface area contributed by atoms with Gasteiger partial charge in [0, 0.05) is 16.7 Å². The number of thioether (sulfide) groups is 1. The van der Waals surface area contributed by atoms with E-state index in [0.717, 1.165) is 0 Å². The Hall–Kier alpha value is -1.62. The first-order valence-corrected chi connectivity index (χ1v) is 6.08. The van der Waals surface area contributed by atoms with Gasteiger partial charge in [0.25, 0.3) is 5.56 Å². The first kappa shape index (κ1) is 11.9. The lowest BCUT2D eigenvalue weighted by Gasteiger charge is -2.03. The minimum absolute atomic E-state index is 0.179. The van der Waals surface area contributed by atoms with Crippen molar-refractivity contribution in [2.45, 2.75) is 17.6 Å². The first-order chi connectivity index (χ1) is 8.15. The molecule has 0 saturated carbocycles. The van der Waals surface area contributed by atoms with Crippen LogP contribution >= 0.6 is 11.8 Å². The molecule has 0 aliphatic rings. The molecule has 0 bridgehead atoms. The Morgan fingerprint density at radius 1 is 1.41 bits per heavy atom. The molecule has 1 N–H and O–H groups in total. The number of nitrogens with one attached hydrogen (secondary N) is 1. The molecule has 0 atom stereocenters. The van der Waals surface area contributed by atoms with Crippen molar-refractivity contribution in [1.82, 2.24) is 9.97 Å². The molecule has 0 radical (unpaired) electrons. The Labute approximate surface area is 102 Å². The van der Waals surface area contributed by atoms with Crippen LogP contribution in [0.15, 0.2) is 40.0 Å². The van der Waals surface area contributed by atoms with Crippen molar-refractivity contribution in [1.29, 1.82) is 0 Å². The highest BCUT2D eigenvalue weighted by Crippen LogP contribution is 2.23. The zero-order valence-corrected chi connectivity index (χ0v) is 10.1. The molecular formula is C12H11FN2OS. The molecule has 1 heterocycles. The summed E-state index contributed by atoms with van der Waals surface area (Å²) in [6, 6.07) is 7.96. The summed E-state index contributed by atoms with van der Waals surface area (Å²) < 4.78 is 13.3. The van der Waals surface area contributed by atoms with Crippen LogP contribution in [0.4, 0.5) is 4.39 Å². The molecule has 2 aromatic rings. The van der Waals surface area contributed by atoms with Crippen molar-refractivity contribution in [2.75, 3.05) is 0 Å². The summed E-state index contributed by atoms with van der Waals surface area (Å²) >= 11 is 1.31. The zero-order chi connectivity index (χ0) is 12.3. The lowest BCUT2D eigenvalue weighted by atomic mass is 10.3. The van der Waals surface area contributed by atoms with Gasteiger partial charge < -0.3 is 4.98 Å². The van der Waals surface area contributed by atoms with E-state index in [1.807, 2.05) is 0 Å². The van der Waals surface area contributed by atoms with Gasteiger partial charge in [-0.1, -0.05) is 12.1 Å². The number of hydrogen-bond donors (Lipinski definition) is 1. The fraction of sp³-hybridized carbons (Fsp3) is 0.167. The monoisotopic (exact) mass is 250 g/mol. The summed E-state index contributed by atoms with van der Waals surface area (Å²) in [5, 5.41) is 0. The Kier molecular flexibility index (Phi) is 3.58. The van der Waals surface area contributed by atoms with Gasteiger partial charge >= 0.3 is 0 Å². The number of H-pyrrole nitrogens is 1. The van der Waals surface area contributed by atoms with E-state index in [9.17, 15) is 9.18 Å². The van der Waals surface area contributed by atoms with Crippen molar-refractivity contribution < 1.29 is 4.39 Å². The van der Waals surface area contributed by atoms with Crippen molar-refractivity contribution in [3.8, 4) is 0 Å². The largest absolute Gasteiger partial charge is 0.310 e.